The molecule has 0 spiro atoms. The molecular weight excluding hydrogens is 250 g/mol. The number of carbonyl (C=O) groups is 1. The van der Waals surface area contributed by atoms with Crippen molar-refractivity contribution in [3.05, 3.63) is 59.7 Å². The first-order valence-corrected chi connectivity index (χ1v) is 6.59. The van der Waals surface area contributed by atoms with Gasteiger partial charge in [-0.15, -0.1) is 0 Å². The van der Waals surface area contributed by atoms with Gasteiger partial charge in [0.2, 0.25) is 0 Å². The van der Waals surface area contributed by atoms with Crippen LogP contribution in [0.4, 0.5) is 0 Å². The molecule has 2 aromatic carbocycles. The number of aryl methyl sites for hydroxylation is 1. The first-order valence-electron chi connectivity index (χ1n) is 6.59. The van der Waals surface area contributed by atoms with Crippen LogP contribution in [0.15, 0.2) is 48.5 Å². The fraction of sp³-hybridized carbons (Fsp3) is 0.235. The average molecular weight is 269 g/mol. The van der Waals surface area contributed by atoms with E-state index in [1.54, 1.807) is 0 Å². The molecule has 0 amide bonds. The van der Waals surface area contributed by atoms with E-state index in [0.29, 0.717) is 0 Å². The first-order chi connectivity index (χ1) is 9.60. The predicted octanol–water partition coefficient (Wildman–Crippen LogP) is 3.22. The van der Waals surface area contributed by atoms with Crippen LogP contribution < -0.4 is 5.73 Å². The molecule has 2 aromatic rings. The molecule has 0 aliphatic rings. The maximum atomic E-state index is 11.2. The van der Waals surface area contributed by atoms with Crippen molar-refractivity contribution in [2.24, 2.45) is 5.73 Å². The summed E-state index contributed by atoms with van der Waals surface area (Å²) >= 11 is 0. The molecule has 0 bridgehead atoms. The Hall–Kier alpha value is -2.13. The number of methoxy groups -OCH3 is 1. The highest BCUT2D eigenvalue weighted by Crippen LogP contribution is 2.23. The summed E-state index contributed by atoms with van der Waals surface area (Å²) in [6, 6.07) is 16.0. The highest BCUT2D eigenvalue weighted by atomic mass is 16.5. The molecule has 0 aliphatic carbocycles. The van der Waals surface area contributed by atoms with E-state index in [9.17, 15) is 4.79 Å². The minimum absolute atomic E-state index is 0.195. The number of benzene rings is 2. The summed E-state index contributed by atoms with van der Waals surface area (Å²) in [5, 5.41) is 0. The Labute approximate surface area is 119 Å². The van der Waals surface area contributed by atoms with Gasteiger partial charge in [-0.1, -0.05) is 54.1 Å². The van der Waals surface area contributed by atoms with Crippen LogP contribution in [0.25, 0.3) is 11.1 Å². The zero-order valence-electron chi connectivity index (χ0n) is 11.8. The number of rotatable bonds is 4. The van der Waals surface area contributed by atoms with Gasteiger partial charge < -0.3 is 10.5 Å². The molecule has 0 heterocycles. The summed E-state index contributed by atoms with van der Waals surface area (Å²) in [6.07, 6.45) is 0.195. The second-order valence-electron chi connectivity index (χ2n) is 4.88. The van der Waals surface area contributed by atoms with Crippen LogP contribution in [-0.2, 0) is 9.53 Å². The van der Waals surface area contributed by atoms with Gasteiger partial charge in [0.25, 0.3) is 0 Å². The third-order valence-electron chi connectivity index (χ3n) is 3.30. The molecule has 3 nitrogen and oxygen atoms in total. The van der Waals surface area contributed by atoms with Gasteiger partial charge in [-0.05, 0) is 23.6 Å². The molecule has 2 N–H and O–H groups in total. The van der Waals surface area contributed by atoms with Crippen molar-refractivity contribution in [2.45, 2.75) is 19.4 Å². The topological polar surface area (TPSA) is 52.3 Å². The summed E-state index contributed by atoms with van der Waals surface area (Å²) in [5.41, 5.74) is 10.5. The highest BCUT2D eigenvalue weighted by Gasteiger charge is 2.11. The largest absolute Gasteiger partial charge is 0.469 e. The average Bonchev–Trinajstić information content (AvgIpc) is 2.47. The zero-order chi connectivity index (χ0) is 14.5. The van der Waals surface area contributed by atoms with Crippen LogP contribution in [0.5, 0.6) is 0 Å². The number of hydrogen-bond acceptors (Lipinski definition) is 3. The molecule has 1 unspecified atom stereocenters. The van der Waals surface area contributed by atoms with Crippen LogP contribution in [0.3, 0.4) is 0 Å². The molecule has 0 aliphatic heterocycles. The van der Waals surface area contributed by atoms with E-state index in [1.807, 2.05) is 30.3 Å². The second kappa shape index (κ2) is 6.35. The molecule has 0 fully saturated rings. The van der Waals surface area contributed by atoms with Crippen LogP contribution >= 0.6 is 0 Å². The van der Waals surface area contributed by atoms with Gasteiger partial charge in [-0.3, -0.25) is 4.79 Å². The van der Waals surface area contributed by atoms with E-state index in [0.717, 1.165) is 11.1 Å². The summed E-state index contributed by atoms with van der Waals surface area (Å²) in [7, 11) is 1.37. The van der Waals surface area contributed by atoms with Crippen molar-refractivity contribution < 1.29 is 9.53 Å². The van der Waals surface area contributed by atoms with E-state index in [4.69, 9.17) is 5.73 Å². The van der Waals surface area contributed by atoms with Crippen molar-refractivity contribution in [3.8, 4) is 11.1 Å². The Bertz CT molecular complexity index is 590. The molecular formula is C17H19NO2. The van der Waals surface area contributed by atoms with Crippen molar-refractivity contribution in [3.63, 3.8) is 0 Å². The third-order valence-corrected chi connectivity index (χ3v) is 3.30. The van der Waals surface area contributed by atoms with Crippen LogP contribution in [0.2, 0.25) is 0 Å². The lowest BCUT2D eigenvalue weighted by Crippen LogP contribution is -2.16. The SMILES string of the molecule is COC(=O)CC(N)c1ccc(-c2cccc(C)c2)cc1. The van der Waals surface area contributed by atoms with Crippen LogP contribution in [0.1, 0.15) is 23.6 Å². The molecule has 3 heteroatoms. The van der Waals surface area contributed by atoms with Crippen LogP contribution in [0, 0.1) is 6.92 Å². The smallest absolute Gasteiger partial charge is 0.307 e. The number of ether oxygens (including phenoxy) is 1. The molecule has 104 valence electrons. The van der Waals surface area contributed by atoms with Crippen molar-refractivity contribution in [1.82, 2.24) is 0 Å². The second-order valence-corrected chi connectivity index (χ2v) is 4.88. The summed E-state index contributed by atoms with van der Waals surface area (Å²) in [6.45, 7) is 2.07. The molecule has 0 saturated heterocycles. The molecule has 0 saturated carbocycles. The van der Waals surface area contributed by atoms with Gasteiger partial charge in [-0.25, -0.2) is 0 Å². The van der Waals surface area contributed by atoms with Gasteiger partial charge in [0, 0.05) is 6.04 Å². The van der Waals surface area contributed by atoms with E-state index in [1.165, 1.54) is 18.2 Å². The van der Waals surface area contributed by atoms with Crippen molar-refractivity contribution >= 4 is 5.97 Å². The van der Waals surface area contributed by atoms with E-state index in [2.05, 4.69) is 29.9 Å². The maximum absolute atomic E-state index is 11.2. The lowest BCUT2D eigenvalue weighted by molar-refractivity contribution is -0.141. The lowest BCUT2D eigenvalue weighted by atomic mass is 9.99. The van der Waals surface area contributed by atoms with Gasteiger partial charge in [0.15, 0.2) is 0 Å². The number of nitrogens with two attached hydrogens (primary N) is 1. The Morgan fingerprint density at radius 2 is 1.85 bits per heavy atom. The fourth-order valence-electron chi connectivity index (χ4n) is 2.13. The van der Waals surface area contributed by atoms with Crippen molar-refractivity contribution in [2.75, 3.05) is 7.11 Å². The molecule has 2 rings (SSSR count). The number of esters is 1. The minimum Gasteiger partial charge on any atom is -0.469 e. The normalized spacial score (nSPS) is 11.9. The van der Waals surface area contributed by atoms with Crippen LogP contribution in [-0.4, -0.2) is 13.1 Å². The quantitative estimate of drug-likeness (QED) is 0.867. The molecule has 0 radical (unpaired) electrons. The zero-order valence-corrected chi connectivity index (χ0v) is 11.8. The Balaban J connectivity index is 2.16. The lowest BCUT2D eigenvalue weighted by Gasteiger charge is -2.11. The third kappa shape index (κ3) is 3.45. The summed E-state index contributed by atoms with van der Waals surface area (Å²) in [4.78, 5) is 11.2. The number of carbonyl (C=O) groups excluding carboxylic acids is 1. The first kappa shape index (κ1) is 14.3. The van der Waals surface area contributed by atoms with E-state index in [-0.39, 0.29) is 18.4 Å². The summed E-state index contributed by atoms with van der Waals surface area (Å²) < 4.78 is 4.63. The molecule has 0 aromatic heterocycles. The highest BCUT2D eigenvalue weighted by molar-refractivity contribution is 5.70. The van der Waals surface area contributed by atoms with Gasteiger partial charge in [0.1, 0.15) is 0 Å². The molecule has 20 heavy (non-hydrogen) atoms. The van der Waals surface area contributed by atoms with E-state index >= 15 is 0 Å². The molecule has 1 atom stereocenters. The standard InChI is InChI=1S/C17H19NO2/c1-12-4-3-5-15(10-12)13-6-8-14(9-7-13)16(18)11-17(19)20-2/h3-10,16H,11,18H2,1-2H3. The van der Waals surface area contributed by atoms with E-state index < -0.39 is 0 Å². The number of hydrogen-bond donors (Lipinski definition) is 1. The Morgan fingerprint density at radius 1 is 1.15 bits per heavy atom. The van der Waals surface area contributed by atoms with Gasteiger partial charge >= 0.3 is 5.97 Å². The minimum atomic E-state index is -0.325. The maximum Gasteiger partial charge on any atom is 0.307 e. The fourth-order valence-corrected chi connectivity index (χ4v) is 2.13. The Kier molecular flexibility index (Phi) is 4.53. The Morgan fingerprint density at radius 3 is 2.45 bits per heavy atom. The summed E-state index contributed by atoms with van der Waals surface area (Å²) in [5.74, 6) is -0.291. The van der Waals surface area contributed by atoms with Gasteiger partial charge in [0.05, 0.1) is 13.5 Å². The van der Waals surface area contributed by atoms with Crippen molar-refractivity contribution in [1.29, 1.82) is 0 Å². The van der Waals surface area contributed by atoms with Gasteiger partial charge in [-0.2, -0.15) is 0 Å². The predicted molar refractivity (Wildman–Crippen MR) is 80.2 cm³/mol. The monoisotopic (exact) mass is 269 g/mol.